The van der Waals surface area contributed by atoms with Crippen LogP contribution in [0, 0.1) is 2.88 Å². The van der Waals surface area contributed by atoms with Crippen molar-refractivity contribution in [3.63, 3.8) is 0 Å². The second-order valence-electron chi connectivity index (χ2n) is 1.68. The summed E-state index contributed by atoms with van der Waals surface area (Å²) in [5.41, 5.74) is 0. The Morgan fingerprint density at radius 3 is 2.80 bits per heavy atom. The Morgan fingerprint density at radius 2 is 2.40 bits per heavy atom. The molecule has 1 aromatic rings. The molecule has 1 aromatic heterocycles. The summed E-state index contributed by atoms with van der Waals surface area (Å²) in [6, 6.07) is 3.75. The SMILES string of the molecule is CNC(=O)c1ccc(I)s1. The second-order valence-corrected chi connectivity index (χ2v) is 4.66. The zero-order chi connectivity index (χ0) is 7.56. The van der Waals surface area contributed by atoms with Gasteiger partial charge in [-0.25, -0.2) is 0 Å². The Morgan fingerprint density at radius 1 is 1.70 bits per heavy atom. The fourth-order valence-corrected chi connectivity index (χ4v) is 2.13. The maximum atomic E-state index is 10.9. The van der Waals surface area contributed by atoms with Crippen molar-refractivity contribution < 1.29 is 4.79 Å². The smallest absolute Gasteiger partial charge is 0.261 e. The summed E-state index contributed by atoms with van der Waals surface area (Å²) in [6.07, 6.45) is 0. The maximum Gasteiger partial charge on any atom is 0.261 e. The van der Waals surface area contributed by atoms with Gasteiger partial charge in [-0.1, -0.05) is 0 Å². The van der Waals surface area contributed by atoms with Crippen molar-refractivity contribution in [3.8, 4) is 0 Å². The average molecular weight is 267 g/mol. The van der Waals surface area contributed by atoms with Gasteiger partial charge in [0.25, 0.3) is 5.91 Å². The summed E-state index contributed by atoms with van der Waals surface area (Å²) in [5.74, 6) is -0.00656. The molecule has 54 valence electrons. The van der Waals surface area contributed by atoms with Gasteiger partial charge in [-0.05, 0) is 34.7 Å². The van der Waals surface area contributed by atoms with Crippen molar-refractivity contribution in [2.45, 2.75) is 0 Å². The highest BCUT2D eigenvalue weighted by Crippen LogP contribution is 2.17. The van der Waals surface area contributed by atoms with Crippen LogP contribution in [0.4, 0.5) is 0 Å². The third-order valence-electron chi connectivity index (χ3n) is 1.02. The van der Waals surface area contributed by atoms with E-state index in [-0.39, 0.29) is 5.91 Å². The highest BCUT2D eigenvalue weighted by molar-refractivity contribution is 14.1. The van der Waals surface area contributed by atoms with Crippen LogP contribution in [0.15, 0.2) is 12.1 Å². The van der Waals surface area contributed by atoms with Crippen molar-refractivity contribution in [1.29, 1.82) is 0 Å². The lowest BCUT2D eigenvalue weighted by Crippen LogP contribution is -2.15. The van der Waals surface area contributed by atoms with Crippen molar-refractivity contribution in [2.75, 3.05) is 7.05 Å². The molecule has 0 aliphatic carbocycles. The largest absolute Gasteiger partial charge is 0.354 e. The summed E-state index contributed by atoms with van der Waals surface area (Å²) in [4.78, 5) is 11.7. The van der Waals surface area contributed by atoms with Crippen molar-refractivity contribution in [2.24, 2.45) is 0 Å². The fourth-order valence-electron chi connectivity index (χ4n) is 0.560. The quantitative estimate of drug-likeness (QED) is 0.771. The molecule has 1 N–H and O–H groups in total. The summed E-state index contributed by atoms with van der Waals surface area (Å²) in [7, 11) is 1.63. The molecule has 0 radical (unpaired) electrons. The molecular weight excluding hydrogens is 261 g/mol. The molecule has 0 aliphatic heterocycles. The maximum absolute atomic E-state index is 10.9. The zero-order valence-electron chi connectivity index (χ0n) is 5.35. The van der Waals surface area contributed by atoms with Crippen molar-refractivity contribution >= 4 is 39.8 Å². The number of halogens is 1. The fraction of sp³-hybridized carbons (Fsp3) is 0.167. The van der Waals surface area contributed by atoms with Gasteiger partial charge in [0.1, 0.15) is 0 Å². The van der Waals surface area contributed by atoms with Gasteiger partial charge < -0.3 is 5.32 Å². The zero-order valence-corrected chi connectivity index (χ0v) is 8.32. The number of amides is 1. The van der Waals surface area contributed by atoms with Gasteiger partial charge in [0.15, 0.2) is 0 Å². The molecule has 1 rings (SSSR count). The van der Waals surface area contributed by atoms with Gasteiger partial charge in [0.05, 0.1) is 7.76 Å². The molecule has 0 unspecified atom stereocenters. The van der Waals surface area contributed by atoms with E-state index in [0.717, 1.165) is 7.76 Å². The Kier molecular flexibility index (Phi) is 2.67. The number of thiophene rings is 1. The lowest BCUT2D eigenvalue weighted by Gasteiger charge is -1.90. The van der Waals surface area contributed by atoms with Gasteiger partial charge in [-0.3, -0.25) is 4.79 Å². The van der Waals surface area contributed by atoms with E-state index in [9.17, 15) is 4.79 Å². The molecule has 0 fully saturated rings. The standard InChI is InChI=1S/C6H6INOS/c1-8-6(9)4-2-3-5(7)10-4/h2-3H,1H3,(H,8,9). The summed E-state index contributed by atoms with van der Waals surface area (Å²) >= 11 is 3.68. The first kappa shape index (κ1) is 8.00. The number of hydrogen-bond donors (Lipinski definition) is 1. The summed E-state index contributed by atoms with van der Waals surface area (Å²) in [6.45, 7) is 0. The summed E-state index contributed by atoms with van der Waals surface area (Å²) < 4.78 is 1.14. The molecule has 2 nitrogen and oxygen atoms in total. The number of nitrogens with one attached hydrogen (secondary N) is 1. The number of carbonyl (C=O) groups is 1. The van der Waals surface area contributed by atoms with Crippen LogP contribution in [0.1, 0.15) is 9.67 Å². The lowest BCUT2D eigenvalue weighted by atomic mass is 10.4. The normalized spacial score (nSPS) is 9.40. The molecule has 0 aromatic carbocycles. The number of hydrogen-bond acceptors (Lipinski definition) is 2. The molecule has 0 aliphatic rings. The Labute approximate surface area is 76.8 Å². The Hall–Kier alpha value is -0.100. The molecule has 0 saturated heterocycles. The predicted molar refractivity (Wildman–Crippen MR) is 50.4 cm³/mol. The third kappa shape index (κ3) is 1.69. The molecule has 4 heteroatoms. The van der Waals surface area contributed by atoms with E-state index in [1.165, 1.54) is 11.3 Å². The number of rotatable bonds is 1. The van der Waals surface area contributed by atoms with E-state index in [4.69, 9.17) is 0 Å². The molecular formula is C6H6INOS. The molecule has 1 amide bonds. The van der Waals surface area contributed by atoms with Crippen LogP contribution >= 0.6 is 33.9 Å². The molecule has 0 bridgehead atoms. The third-order valence-corrected chi connectivity index (χ3v) is 2.92. The van der Waals surface area contributed by atoms with Gasteiger partial charge in [-0.2, -0.15) is 0 Å². The van der Waals surface area contributed by atoms with E-state index < -0.39 is 0 Å². The van der Waals surface area contributed by atoms with Crippen molar-refractivity contribution in [3.05, 3.63) is 19.9 Å². The van der Waals surface area contributed by atoms with E-state index >= 15 is 0 Å². The van der Waals surface area contributed by atoms with E-state index in [2.05, 4.69) is 27.9 Å². The summed E-state index contributed by atoms with van der Waals surface area (Å²) in [5, 5.41) is 2.56. The molecule has 0 spiro atoms. The van der Waals surface area contributed by atoms with Crippen LogP contribution in [-0.2, 0) is 0 Å². The highest BCUT2D eigenvalue weighted by Gasteiger charge is 2.04. The van der Waals surface area contributed by atoms with Crippen LogP contribution in [-0.4, -0.2) is 13.0 Å². The predicted octanol–water partition coefficient (Wildman–Crippen LogP) is 1.71. The minimum atomic E-state index is -0.00656. The van der Waals surface area contributed by atoms with Gasteiger partial charge in [-0.15, -0.1) is 11.3 Å². The first-order chi connectivity index (χ1) is 4.74. The second kappa shape index (κ2) is 3.34. The van der Waals surface area contributed by atoms with Crippen molar-refractivity contribution in [1.82, 2.24) is 5.32 Å². The Bertz CT molecular complexity index is 246. The molecule has 1 heterocycles. The number of carbonyl (C=O) groups excluding carboxylic acids is 1. The highest BCUT2D eigenvalue weighted by atomic mass is 127. The minimum absolute atomic E-state index is 0.00656. The van der Waals surface area contributed by atoms with Gasteiger partial charge in [0, 0.05) is 7.05 Å². The average Bonchev–Trinajstić information content (AvgIpc) is 2.34. The molecule has 0 saturated carbocycles. The van der Waals surface area contributed by atoms with E-state index in [1.54, 1.807) is 7.05 Å². The van der Waals surface area contributed by atoms with Crippen LogP contribution < -0.4 is 5.32 Å². The lowest BCUT2D eigenvalue weighted by molar-refractivity contribution is 0.0967. The first-order valence-electron chi connectivity index (χ1n) is 2.71. The van der Waals surface area contributed by atoms with Crippen LogP contribution in [0.3, 0.4) is 0 Å². The molecule has 0 atom stereocenters. The minimum Gasteiger partial charge on any atom is -0.354 e. The van der Waals surface area contributed by atoms with E-state index in [1.807, 2.05) is 12.1 Å². The van der Waals surface area contributed by atoms with Crippen LogP contribution in [0.2, 0.25) is 0 Å². The monoisotopic (exact) mass is 267 g/mol. The van der Waals surface area contributed by atoms with E-state index in [0.29, 0.717) is 0 Å². The topological polar surface area (TPSA) is 29.1 Å². The Balaban J connectivity index is 2.85. The van der Waals surface area contributed by atoms with Crippen LogP contribution in [0.5, 0.6) is 0 Å². The molecule has 10 heavy (non-hydrogen) atoms. The van der Waals surface area contributed by atoms with Gasteiger partial charge in [0.2, 0.25) is 0 Å². The van der Waals surface area contributed by atoms with Gasteiger partial charge >= 0.3 is 0 Å². The first-order valence-corrected chi connectivity index (χ1v) is 4.61. The van der Waals surface area contributed by atoms with Crippen LogP contribution in [0.25, 0.3) is 0 Å².